The number of benzene rings is 2. The first-order valence-electron chi connectivity index (χ1n) is 8.91. The molecule has 5 aromatic rings. The van der Waals surface area contributed by atoms with Gasteiger partial charge in [0, 0.05) is 23.6 Å². The largest absolute Gasteiger partial charge is 0.361 e. The molecular formula is C20H16N6O2. The number of carbonyl (C=O) groups excluding carboxylic acids is 1. The van der Waals surface area contributed by atoms with Crippen molar-refractivity contribution >= 4 is 33.4 Å². The second kappa shape index (κ2) is 6.34. The number of para-hydroxylation sites is 2. The normalized spacial score (nSPS) is 11.4. The van der Waals surface area contributed by atoms with Crippen LogP contribution in [0.15, 0.2) is 59.5 Å². The van der Waals surface area contributed by atoms with Gasteiger partial charge in [0.1, 0.15) is 0 Å². The third-order valence-electron chi connectivity index (χ3n) is 4.84. The molecule has 5 rings (SSSR count). The van der Waals surface area contributed by atoms with Gasteiger partial charge < -0.3 is 10.3 Å². The van der Waals surface area contributed by atoms with Crippen LogP contribution in [0.25, 0.3) is 27.5 Å². The lowest BCUT2D eigenvalue weighted by Crippen LogP contribution is -2.26. The number of carbonyl (C=O) groups is 1. The Balaban J connectivity index is 1.40. The fraction of sp³-hybridized carbons (Fsp3) is 0.100. The van der Waals surface area contributed by atoms with E-state index in [-0.39, 0.29) is 22.8 Å². The number of amides is 1. The third kappa shape index (κ3) is 2.54. The molecule has 0 fully saturated rings. The summed E-state index contributed by atoms with van der Waals surface area (Å²) in [5.74, 6) is -0.374. The zero-order chi connectivity index (χ0) is 19.1. The van der Waals surface area contributed by atoms with Gasteiger partial charge in [-0.25, -0.2) is 9.73 Å². The van der Waals surface area contributed by atoms with Crippen LogP contribution in [-0.4, -0.2) is 37.2 Å². The highest BCUT2D eigenvalue weighted by atomic mass is 16.2. The van der Waals surface area contributed by atoms with E-state index in [1.807, 2.05) is 36.5 Å². The molecule has 0 aliphatic heterocycles. The van der Waals surface area contributed by atoms with Gasteiger partial charge in [-0.3, -0.25) is 9.59 Å². The van der Waals surface area contributed by atoms with Crippen molar-refractivity contribution in [2.75, 3.05) is 6.54 Å². The highest BCUT2D eigenvalue weighted by Gasteiger charge is 2.18. The van der Waals surface area contributed by atoms with Gasteiger partial charge in [0.05, 0.1) is 10.9 Å². The van der Waals surface area contributed by atoms with Crippen molar-refractivity contribution in [1.29, 1.82) is 0 Å². The number of hydrogen-bond acceptors (Lipinski definition) is 4. The Hall–Kier alpha value is -3.94. The predicted octanol–water partition coefficient (Wildman–Crippen LogP) is 2.02. The summed E-state index contributed by atoms with van der Waals surface area (Å²) in [6, 6.07) is 15.1. The van der Waals surface area contributed by atoms with Gasteiger partial charge in [0.15, 0.2) is 11.3 Å². The molecule has 0 atom stereocenters. The molecule has 0 saturated carbocycles. The van der Waals surface area contributed by atoms with E-state index in [1.54, 1.807) is 22.7 Å². The maximum absolute atomic E-state index is 12.6. The van der Waals surface area contributed by atoms with Crippen molar-refractivity contribution in [3.8, 4) is 0 Å². The Morgan fingerprint density at radius 3 is 2.75 bits per heavy atom. The molecule has 0 aliphatic carbocycles. The zero-order valence-electron chi connectivity index (χ0n) is 14.8. The van der Waals surface area contributed by atoms with Crippen molar-refractivity contribution in [3.05, 3.63) is 76.3 Å². The molecule has 2 aromatic carbocycles. The van der Waals surface area contributed by atoms with Gasteiger partial charge in [0.25, 0.3) is 11.5 Å². The quantitative estimate of drug-likeness (QED) is 0.448. The van der Waals surface area contributed by atoms with Gasteiger partial charge in [0.2, 0.25) is 0 Å². The Morgan fingerprint density at radius 2 is 1.86 bits per heavy atom. The number of aromatic nitrogens is 5. The van der Waals surface area contributed by atoms with E-state index in [9.17, 15) is 9.59 Å². The molecule has 8 nitrogen and oxygen atoms in total. The molecule has 0 unspecified atom stereocenters. The fourth-order valence-corrected chi connectivity index (χ4v) is 3.47. The monoisotopic (exact) mass is 372 g/mol. The van der Waals surface area contributed by atoms with Crippen molar-refractivity contribution in [2.24, 2.45) is 0 Å². The molecule has 3 aromatic heterocycles. The molecular weight excluding hydrogens is 356 g/mol. The molecule has 0 aliphatic rings. The van der Waals surface area contributed by atoms with Crippen molar-refractivity contribution in [2.45, 2.75) is 6.42 Å². The summed E-state index contributed by atoms with van der Waals surface area (Å²) in [7, 11) is 0. The lowest BCUT2D eigenvalue weighted by molar-refractivity contribution is 0.0950. The molecule has 1 amide bonds. The summed E-state index contributed by atoms with van der Waals surface area (Å²) in [4.78, 5) is 32.1. The minimum atomic E-state index is -0.384. The molecule has 0 radical (unpaired) electrons. The third-order valence-corrected chi connectivity index (χ3v) is 4.84. The standard InChI is InChI=1S/C20H16N6O2/c27-19-14-6-2-4-8-16(14)26-18(23-19)17(24-25-26)20(28)21-10-9-12-11-22-15-7-3-1-5-13(12)15/h1-8,11,22,25H,9-10H2,(H,21,28). The topological polar surface area (TPSA) is 108 Å². The minimum absolute atomic E-state index is 0.0989. The summed E-state index contributed by atoms with van der Waals surface area (Å²) >= 11 is 0. The Morgan fingerprint density at radius 1 is 1.07 bits per heavy atom. The molecule has 8 heteroatoms. The number of H-pyrrole nitrogens is 2. The Labute approximate surface area is 158 Å². The van der Waals surface area contributed by atoms with Crippen LogP contribution in [0.1, 0.15) is 16.1 Å². The van der Waals surface area contributed by atoms with E-state index in [0.29, 0.717) is 23.9 Å². The first kappa shape index (κ1) is 16.2. The molecule has 0 spiro atoms. The van der Waals surface area contributed by atoms with Gasteiger partial charge >= 0.3 is 0 Å². The molecule has 138 valence electrons. The lowest BCUT2D eigenvalue weighted by Gasteiger charge is -2.03. The SMILES string of the molecule is O=C(NCCc1c[nH]c2ccccc12)c1n[nH]n2c1nc(=O)c1ccccc12. The predicted molar refractivity (Wildman–Crippen MR) is 105 cm³/mol. The van der Waals surface area contributed by atoms with E-state index >= 15 is 0 Å². The minimum Gasteiger partial charge on any atom is -0.361 e. The van der Waals surface area contributed by atoms with Crippen LogP contribution in [0.2, 0.25) is 0 Å². The maximum atomic E-state index is 12.6. The van der Waals surface area contributed by atoms with Crippen LogP contribution in [0.4, 0.5) is 0 Å². The number of rotatable bonds is 4. The molecule has 0 bridgehead atoms. The number of aromatic amines is 2. The highest BCUT2D eigenvalue weighted by Crippen LogP contribution is 2.18. The van der Waals surface area contributed by atoms with Gasteiger partial charge in [-0.15, -0.1) is 5.10 Å². The first-order valence-corrected chi connectivity index (χ1v) is 8.91. The first-order chi connectivity index (χ1) is 13.7. The zero-order valence-corrected chi connectivity index (χ0v) is 14.8. The summed E-state index contributed by atoms with van der Waals surface area (Å²) in [6.07, 6.45) is 2.63. The maximum Gasteiger partial charge on any atom is 0.281 e. The Bertz CT molecular complexity index is 1390. The average Bonchev–Trinajstić information content (AvgIpc) is 3.33. The number of nitrogens with zero attached hydrogens (tertiary/aromatic N) is 3. The van der Waals surface area contributed by atoms with E-state index in [2.05, 4.69) is 25.6 Å². The van der Waals surface area contributed by atoms with E-state index < -0.39 is 0 Å². The van der Waals surface area contributed by atoms with Crippen LogP contribution in [0, 0.1) is 0 Å². The fourth-order valence-electron chi connectivity index (χ4n) is 3.47. The van der Waals surface area contributed by atoms with Crippen LogP contribution in [-0.2, 0) is 6.42 Å². The highest BCUT2D eigenvalue weighted by molar-refractivity contribution is 5.98. The van der Waals surface area contributed by atoms with Crippen LogP contribution in [0.3, 0.4) is 0 Å². The van der Waals surface area contributed by atoms with Crippen molar-refractivity contribution in [1.82, 2.24) is 30.1 Å². The van der Waals surface area contributed by atoms with Gasteiger partial charge in [-0.2, -0.15) is 4.98 Å². The summed E-state index contributed by atoms with van der Waals surface area (Å²) in [5.41, 5.74) is 2.75. The van der Waals surface area contributed by atoms with E-state index in [4.69, 9.17) is 0 Å². The smallest absolute Gasteiger partial charge is 0.281 e. The lowest BCUT2D eigenvalue weighted by atomic mass is 10.1. The molecule has 0 saturated heterocycles. The van der Waals surface area contributed by atoms with Crippen molar-refractivity contribution in [3.63, 3.8) is 0 Å². The molecule has 3 heterocycles. The van der Waals surface area contributed by atoms with Gasteiger partial charge in [-0.1, -0.05) is 30.3 Å². The Kier molecular flexibility index (Phi) is 3.68. The van der Waals surface area contributed by atoms with E-state index in [1.165, 1.54) is 0 Å². The van der Waals surface area contributed by atoms with Crippen LogP contribution >= 0.6 is 0 Å². The summed E-state index contributed by atoms with van der Waals surface area (Å²) < 4.78 is 1.55. The number of fused-ring (bicyclic) bond motifs is 4. The molecule has 28 heavy (non-hydrogen) atoms. The van der Waals surface area contributed by atoms with Crippen LogP contribution in [0.5, 0.6) is 0 Å². The van der Waals surface area contributed by atoms with Crippen LogP contribution < -0.4 is 10.9 Å². The second-order valence-corrected chi connectivity index (χ2v) is 6.52. The van der Waals surface area contributed by atoms with Gasteiger partial charge in [-0.05, 0) is 30.2 Å². The average molecular weight is 372 g/mol. The number of nitrogens with one attached hydrogen (secondary N) is 3. The van der Waals surface area contributed by atoms with Crippen molar-refractivity contribution < 1.29 is 4.79 Å². The molecule has 3 N–H and O–H groups in total. The summed E-state index contributed by atoms with van der Waals surface area (Å²) in [5, 5.41) is 11.3. The summed E-state index contributed by atoms with van der Waals surface area (Å²) in [6.45, 7) is 0.442. The number of hydrogen-bond donors (Lipinski definition) is 3. The second-order valence-electron chi connectivity index (χ2n) is 6.52. The van der Waals surface area contributed by atoms with E-state index in [0.717, 1.165) is 16.5 Å².